The molecule has 3 amide bonds. The van der Waals surface area contributed by atoms with E-state index in [1.807, 2.05) is 4.90 Å². The van der Waals surface area contributed by atoms with Gasteiger partial charge in [-0.05, 0) is 24.6 Å². The van der Waals surface area contributed by atoms with Crippen LogP contribution < -0.4 is 5.32 Å². The highest BCUT2D eigenvalue weighted by atomic mass is 35.5. The highest BCUT2D eigenvalue weighted by Gasteiger charge is 2.74. The summed E-state index contributed by atoms with van der Waals surface area (Å²) in [7, 11) is 1.46. The first kappa shape index (κ1) is 18.7. The maximum Gasteiger partial charge on any atom is 0.250 e. The van der Waals surface area contributed by atoms with E-state index in [2.05, 4.69) is 16.9 Å². The molecule has 3 fully saturated rings. The first-order valence-electron chi connectivity index (χ1n) is 8.63. The largest absolute Gasteiger partial charge is 0.392 e. The number of aliphatic hydroxyl groups excluding tert-OH is 1. The lowest BCUT2D eigenvalue weighted by atomic mass is 9.75. The Balaban J connectivity index is 0.000000872. The van der Waals surface area contributed by atoms with Crippen LogP contribution in [0.4, 0.5) is 5.69 Å². The summed E-state index contributed by atoms with van der Waals surface area (Å²) >= 11 is 10.8. The van der Waals surface area contributed by atoms with Crippen molar-refractivity contribution in [1.82, 2.24) is 9.80 Å². The topological polar surface area (TPSA) is 90.0 Å². The van der Waals surface area contributed by atoms with Crippen LogP contribution in [0.15, 0.2) is 18.2 Å². The number of halogens is 2. The summed E-state index contributed by atoms with van der Waals surface area (Å²) in [5.41, 5.74) is -0.0667. The normalized spacial score (nSPS) is 36.5. The van der Waals surface area contributed by atoms with Crippen molar-refractivity contribution in [2.45, 2.75) is 24.1 Å². The Morgan fingerprint density at radius 1 is 1.22 bits per heavy atom. The molecule has 0 bridgehead atoms. The lowest BCUT2D eigenvalue weighted by Gasteiger charge is -2.36. The smallest absolute Gasteiger partial charge is 0.250 e. The number of hydrogen-bond acceptors (Lipinski definition) is 5. The summed E-state index contributed by atoms with van der Waals surface area (Å²) < 4.78 is 0. The second-order valence-electron chi connectivity index (χ2n) is 7.26. The van der Waals surface area contributed by atoms with Crippen LogP contribution in [0.1, 0.15) is 12.0 Å². The molecule has 5 rings (SSSR count). The molecule has 0 saturated carbocycles. The van der Waals surface area contributed by atoms with Crippen LogP contribution in [-0.4, -0.2) is 64.7 Å². The summed E-state index contributed by atoms with van der Waals surface area (Å²) in [4.78, 5) is 41.8. The molecule has 0 aromatic heterocycles. The quantitative estimate of drug-likeness (QED) is 0.491. The molecule has 4 aliphatic heterocycles. The minimum Gasteiger partial charge on any atom is -0.392 e. The Labute approximate surface area is 166 Å². The zero-order chi connectivity index (χ0) is 19.7. The van der Waals surface area contributed by atoms with Crippen LogP contribution >= 0.6 is 23.2 Å². The number of imide groups is 1. The first-order chi connectivity index (χ1) is 12.9. The number of benzene rings is 1. The van der Waals surface area contributed by atoms with Crippen molar-refractivity contribution < 1.29 is 19.5 Å². The molecule has 0 radical (unpaired) electrons. The number of fused-ring (bicyclic) bond motifs is 7. The van der Waals surface area contributed by atoms with E-state index in [0.717, 1.165) is 4.90 Å². The SMILES string of the molecule is CCl.CN1C(=O)[C@H]2[C@H]3C[C@H](O)CN3[C@]3(C(=O)Nc4ccc(Cl)cc43)[C@H]2C1=O. The average Bonchev–Trinajstić information content (AvgIpc) is 3.30. The summed E-state index contributed by atoms with van der Waals surface area (Å²) in [5.74, 6) is -2.36. The van der Waals surface area contributed by atoms with E-state index in [-0.39, 0.29) is 30.3 Å². The van der Waals surface area contributed by atoms with Crippen LogP contribution in [0.25, 0.3) is 0 Å². The Morgan fingerprint density at radius 2 is 1.93 bits per heavy atom. The minimum atomic E-state index is -1.29. The van der Waals surface area contributed by atoms with E-state index in [4.69, 9.17) is 11.6 Å². The van der Waals surface area contributed by atoms with Gasteiger partial charge in [0.1, 0.15) is 5.54 Å². The number of rotatable bonds is 0. The van der Waals surface area contributed by atoms with Gasteiger partial charge in [0.15, 0.2) is 0 Å². The standard InChI is InChI=1S/C17H16ClN3O4.CH3Cl/c1-20-14(23)12-11-5-8(22)6-21(11)17(13(12)15(20)24)9-4-7(18)2-3-10(9)19-16(17)25;1-2/h2-4,8,11-13,22H,5-6H2,1H3,(H,19,25);1H3/t8-,11+,12-,13+,17-;/m0./s1. The molecule has 0 aliphatic carbocycles. The van der Waals surface area contributed by atoms with Gasteiger partial charge in [0.2, 0.25) is 17.7 Å². The summed E-state index contributed by atoms with van der Waals surface area (Å²) in [6.45, 7) is 0.251. The van der Waals surface area contributed by atoms with Crippen molar-refractivity contribution >= 4 is 46.6 Å². The van der Waals surface area contributed by atoms with Gasteiger partial charge in [-0.15, -0.1) is 11.6 Å². The van der Waals surface area contributed by atoms with Gasteiger partial charge in [-0.25, -0.2) is 0 Å². The summed E-state index contributed by atoms with van der Waals surface area (Å²) in [5, 5.41) is 13.5. The number of alkyl halides is 1. The molecule has 144 valence electrons. The molecule has 1 aromatic carbocycles. The van der Waals surface area contributed by atoms with E-state index in [1.54, 1.807) is 18.2 Å². The number of carbonyl (C=O) groups is 3. The number of carbonyl (C=O) groups excluding carboxylic acids is 3. The fourth-order valence-electron chi connectivity index (χ4n) is 5.30. The number of anilines is 1. The summed E-state index contributed by atoms with van der Waals surface area (Å²) in [6.07, 6.45) is 1.21. The molecule has 1 aromatic rings. The maximum absolute atomic E-state index is 13.2. The molecule has 7 nitrogen and oxygen atoms in total. The third kappa shape index (κ3) is 2.14. The molecular weight excluding hydrogens is 393 g/mol. The molecule has 27 heavy (non-hydrogen) atoms. The minimum absolute atomic E-state index is 0.251. The molecule has 9 heteroatoms. The fourth-order valence-corrected chi connectivity index (χ4v) is 5.48. The van der Waals surface area contributed by atoms with Crippen LogP contribution in [0.2, 0.25) is 5.02 Å². The van der Waals surface area contributed by atoms with E-state index < -0.39 is 23.5 Å². The number of amides is 3. The second-order valence-corrected chi connectivity index (χ2v) is 7.70. The monoisotopic (exact) mass is 411 g/mol. The molecule has 1 spiro atoms. The summed E-state index contributed by atoms with van der Waals surface area (Å²) in [6, 6.07) is 4.74. The van der Waals surface area contributed by atoms with Crippen molar-refractivity contribution in [2.24, 2.45) is 11.8 Å². The van der Waals surface area contributed by atoms with Crippen molar-refractivity contribution in [3.05, 3.63) is 28.8 Å². The molecule has 3 saturated heterocycles. The van der Waals surface area contributed by atoms with Crippen LogP contribution in [0.3, 0.4) is 0 Å². The number of nitrogens with one attached hydrogen (secondary N) is 1. The second kappa shape index (κ2) is 6.17. The lowest BCUT2D eigenvalue weighted by molar-refractivity contribution is -0.144. The van der Waals surface area contributed by atoms with E-state index in [0.29, 0.717) is 22.7 Å². The Bertz CT molecular complexity index is 863. The van der Waals surface area contributed by atoms with Crippen molar-refractivity contribution in [1.29, 1.82) is 0 Å². The van der Waals surface area contributed by atoms with E-state index in [9.17, 15) is 19.5 Å². The van der Waals surface area contributed by atoms with Crippen molar-refractivity contribution in [3.63, 3.8) is 0 Å². The van der Waals surface area contributed by atoms with Gasteiger partial charge in [0.25, 0.3) is 0 Å². The number of nitrogens with zero attached hydrogens (tertiary/aromatic N) is 2. The van der Waals surface area contributed by atoms with Gasteiger partial charge in [-0.1, -0.05) is 11.6 Å². The van der Waals surface area contributed by atoms with Crippen LogP contribution in [0, 0.1) is 11.8 Å². The number of likely N-dealkylation sites (tertiary alicyclic amines) is 1. The molecule has 0 unspecified atom stereocenters. The number of hydrogen-bond donors (Lipinski definition) is 2. The van der Waals surface area contributed by atoms with E-state index >= 15 is 0 Å². The number of aliphatic hydroxyl groups is 1. The highest BCUT2D eigenvalue weighted by Crippen LogP contribution is 2.60. The Kier molecular flexibility index (Phi) is 4.27. The Morgan fingerprint density at radius 3 is 2.63 bits per heavy atom. The zero-order valence-electron chi connectivity index (χ0n) is 14.8. The fraction of sp³-hybridized carbons (Fsp3) is 0.500. The first-order valence-corrected chi connectivity index (χ1v) is 9.76. The van der Waals surface area contributed by atoms with Gasteiger partial charge in [-0.2, -0.15) is 0 Å². The molecule has 4 aliphatic rings. The van der Waals surface area contributed by atoms with Crippen molar-refractivity contribution in [3.8, 4) is 0 Å². The third-order valence-corrected chi connectivity index (χ3v) is 6.43. The van der Waals surface area contributed by atoms with Gasteiger partial charge in [-0.3, -0.25) is 24.2 Å². The predicted octanol–water partition coefficient (Wildman–Crippen LogP) is 1.02. The van der Waals surface area contributed by atoms with Gasteiger partial charge in [0.05, 0.1) is 17.9 Å². The molecule has 4 heterocycles. The highest BCUT2D eigenvalue weighted by molar-refractivity contribution is 6.31. The van der Waals surface area contributed by atoms with Crippen molar-refractivity contribution in [2.75, 3.05) is 25.3 Å². The van der Waals surface area contributed by atoms with Crippen LogP contribution in [0.5, 0.6) is 0 Å². The molecule has 2 N–H and O–H groups in total. The maximum atomic E-state index is 13.2. The van der Waals surface area contributed by atoms with Gasteiger partial charge >= 0.3 is 0 Å². The molecular formula is C18H19Cl2N3O4. The Hall–Kier alpha value is -1.67. The lowest BCUT2D eigenvalue weighted by Crippen LogP contribution is -2.54. The molecule has 5 atom stereocenters. The average molecular weight is 412 g/mol. The van der Waals surface area contributed by atoms with Crippen LogP contribution in [-0.2, 0) is 19.9 Å². The zero-order valence-corrected chi connectivity index (χ0v) is 16.3. The predicted molar refractivity (Wildman–Crippen MR) is 99.4 cm³/mol. The van der Waals surface area contributed by atoms with Gasteiger partial charge < -0.3 is 10.4 Å². The van der Waals surface area contributed by atoms with Gasteiger partial charge in [0, 0.05) is 42.3 Å². The third-order valence-electron chi connectivity index (χ3n) is 6.20. The van der Waals surface area contributed by atoms with E-state index in [1.165, 1.54) is 13.4 Å².